The smallest absolute Gasteiger partial charge is 0.139 e. The molecule has 0 aromatic heterocycles. The highest BCUT2D eigenvalue weighted by molar-refractivity contribution is 9.10. The van der Waals surface area contributed by atoms with Gasteiger partial charge in [-0.05, 0) is 57.5 Å². The molecule has 0 bridgehead atoms. The van der Waals surface area contributed by atoms with Crippen LogP contribution in [0.25, 0.3) is 0 Å². The van der Waals surface area contributed by atoms with Crippen LogP contribution in [0.15, 0.2) is 22.7 Å². The molecule has 0 saturated heterocycles. The van der Waals surface area contributed by atoms with Crippen LogP contribution >= 0.6 is 27.5 Å². The average Bonchev–Trinajstić information content (AvgIpc) is 2.33. The van der Waals surface area contributed by atoms with E-state index in [-0.39, 0.29) is 6.10 Å². The largest absolute Gasteiger partial charge is 0.489 e. The summed E-state index contributed by atoms with van der Waals surface area (Å²) in [6.07, 6.45) is 3.51. The standard InChI is InChI=1S/C14H21BrClNO/c1-3-8-17-9-4-5-11(2)18-14-10-12(15)6-7-13(14)16/h6-7,10-11,17H,3-5,8-9H2,1-2H3. The van der Waals surface area contributed by atoms with E-state index in [1.165, 1.54) is 6.42 Å². The SMILES string of the molecule is CCCNCCCC(C)Oc1cc(Br)ccc1Cl. The van der Waals surface area contributed by atoms with E-state index in [2.05, 4.69) is 35.1 Å². The lowest BCUT2D eigenvalue weighted by molar-refractivity contribution is 0.207. The fourth-order valence-electron chi connectivity index (χ4n) is 1.66. The molecular formula is C14H21BrClNO. The normalized spacial score (nSPS) is 12.4. The Kier molecular flexibility index (Phi) is 7.71. The molecule has 0 heterocycles. The summed E-state index contributed by atoms with van der Waals surface area (Å²) < 4.78 is 6.83. The van der Waals surface area contributed by atoms with Gasteiger partial charge < -0.3 is 10.1 Å². The fraction of sp³-hybridized carbons (Fsp3) is 0.571. The summed E-state index contributed by atoms with van der Waals surface area (Å²) in [5, 5.41) is 4.05. The highest BCUT2D eigenvalue weighted by atomic mass is 79.9. The highest BCUT2D eigenvalue weighted by Gasteiger charge is 2.07. The molecule has 1 aromatic carbocycles. The Balaban J connectivity index is 2.30. The van der Waals surface area contributed by atoms with Gasteiger partial charge in [-0.25, -0.2) is 0 Å². The molecule has 0 saturated carbocycles. The van der Waals surface area contributed by atoms with Crippen LogP contribution in [-0.2, 0) is 0 Å². The first-order chi connectivity index (χ1) is 8.63. The van der Waals surface area contributed by atoms with E-state index in [9.17, 15) is 0 Å². The summed E-state index contributed by atoms with van der Waals surface area (Å²) in [6.45, 7) is 6.39. The molecule has 0 aliphatic rings. The summed E-state index contributed by atoms with van der Waals surface area (Å²) in [5.74, 6) is 0.750. The lowest BCUT2D eigenvalue weighted by Crippen LogP contribution is -2.19. The van der Waals surface area contributed by atoms with Gasteiger partial charge >= 0.3 is 0 Å². The quantitative estimate of drug-likeness (QED) is 0.699. The van der Waals surface area contributed by atoms with Crippen molar-refractivity contribution in [3.63, 3.8) is 0 Å². The van der Waals surface area contributed by atoms with Crippen molar-refractivity contribution < 1.29 is 4.74 Å². The van der Waals surface area contributed by atoms with E-state index in [1.807, 2.05) is 18.2 Å². The summed E-state index contributed by atoms with van der Waals surface area (Å²) in [5.41, 5.74) is 0. The molecule has 0 spiro atoms. The molecule has 1 unspecified atom stereocenters. The Hall–Kier alpha value is -0.250. The first-order valence-electron chi connectivity index (χ1n) is 6.46. The van der Waals surface area contributed by atoms with Crippen LogP contribution in [-0.4, -0.2) is 19.2 Å². The monoisotopic (exact) mass is 333 g/mol. The molecule has 4 heteroatoms. The minimum Gasteiger partial charge on any atom is -0.489 e. The zero-order chi connectivity index (χ0) is 13.4. The molecule has 1 rings (SSSR count). The first kappa shape index (κ1) is 15.8. The molecule has 0 aliphatic carbocycles. The van der Waals surface area contributed by atoms with E-state index >= 15 is 0 Å². The third-order valence-electron chi connectivity index (χ3n) is 2.61. The van der Waals surface area contributed by atoms with Crippen LogP contribution in [0.4, 0.5) is 0 Å². The van der Waals surface area contributed by atoms with Crippen molar-refractivity contribution in [2.24, 2.45) is 0 Å². The summed E-state index contributed by atoms with van der Waals surface area (Å²) in [4.78, 5) is 0. The van der Waals surface area contributed by atoms with Crippen LogP contribution in [0.3, 0.4) is 0 Å². The Morgan fingerprint density at radius 3 is 2.89 bits per heavy atom. The van der Waals surface area contributed by atoms with Crippen molar-refractivity contribution in [1.82, 2.24) is 5.32 Å². The molecule has 1 N–H and O–H groups in total. The number of benzene rings is 1. The van der Waals surface area contributed by atoms with Crippen molar-refractivity contribution >= 4 is 27.5 Å². The first-order valence-corrected chi connectivity index (χ1v) is 7.63. The summed E-state index contributed by atoms with van der Waals surface area (Å²) in [7, 11) is 0. The maximum atomic E-state index is 6.08. The maximum absolute atomic E-state index is 6.08. The van der Waals surface area contributed by atoms with Gasteiger partial charge in [-0.15, -0.1) is 0 Å². The highest BCUT2D eigenvalue weighted by Crippen LogP contribution is 2.29. The molecule has 0 amide bonds. The number of hydrogen-bond acceptors (Lipinski definition) is 2. The third-order valence-corrected chi connectivity index (χ3v) is 3.42. The number of ether oxygens (including phenoxy) is 1. The minimum absolute atomic E-state index is 0.181. The lowest BCUT2D eigenvalue weighted by Gasteiger charge is -2.16. The molecule has 0 fully saturated rings. The van der Waals surface area contributed by atoms with Gasteiger partial charge in [-0.3, -0.25) is 0 Å². The molecule has 102 valence electrons. The van der Waals surface area contributed by atoms with Gasteiger partial charge in [-0.1, -0.05) is 34.5 Å². The van der Waals surface area contributed by atoms with Crippen LogP contribution in [0.2, 0.25) is 5.02 Å². The Labute approximate surface area is 123 Å². The van der Waals surface area contributed by atoms with E-state index in [0.29, 0.717) is 5.02 Å². The number of halogens is 2. The molecular weight excluding hydrogens is 314 g/mol. The Bertz CT molecular complexity index is 360. The zero-order valence-corrected chi connectivity index (χ0v) is 13.4. The van der Waals surface area contributed by atoms with Gasteiger partial charge in [0.25, 0.3) is 0 Å². The predicted molar refractivity (Wildman–Crippen MR) is 81.6 cm³/mol. The van der Waals surface area contributed by atoms with Gasteiger partial charge in [0, 0.05) is 4.47 Å². The van der Waals surface area contributed by atoms with E-state index in [1.54, 1.807) is 0 Å². The summed E-state index contributed by atoms with van der Waals surface area (Å²) in [6, 6.07) is 5.67. The van der Waals surface area contributed by atoms with E-state index in [4.69, 9.17) is 16.3 Å². The lowest BCUT2D eigenvalue weighted by atomic mass is 10.2. The van der Waals surface area contributed by atoms with Gasteiger partial charge in [0.05, 0.1) is 11.1 Å². The number of nitrogens with one attached hydrogen (secondary N) is 1. The maximum Gasteiger partial charge on any atom is 0.139 e. The van der Waals surface area contributed by atoms with Gasteiger partial charge in [0.2, 0.25) is 0 Å². The predicted octanol–water partition coefficient (Wildman–Crippen LogP) is 4.65. The van der Waals surface area contributed by atoms with Crippen molar-refractivity contribution in [3.05, 3.63) is 27.7 Å². The van der Waals surface area contributed by atoms with Crippen LogP contribution in [0.5, 0.6) is 5.75 Å². The molecule has 2 nitrogen and oxygen atoms in total. The van der Waals surface area contributed by atoms with Crippen molar-refractivity contribution in [2.75, 3.05) is 13.1 Å². The van der Waals surface area contributed by atoms with Gasteiger partial charge in [0.1, 0.15) is 5.75 Å². The second-order valence-corrected chi connectivity index (χ2v) is 5.72. The number of hydrogen-bond donors (Lipinski definition) is 1. The average molecular weight is 335 g/mol. The Morgan fingerprint density at radius 2 is 2.17 bits per heavy atom. The van der Waals surface area contributed by atoms with Gasteiger partial charge in [0.15, 0.2) is 0 Å². The van der Waals surface area contributed by atoms with E-state index < -0.39 is 0 Å². The van der Waals surface area contributed by atoms with Crippen LogP contribution in [0, 0.1) is 0 Å². The van der Waals surface area contributed by atoms with E-state index in [0.717, 1.165) is 36.2 Å². The van der Waals surface area contributed by atoms with Crippen molar-refractivity contribution in [3.8, 4) is 5.75 Å². The minimum atomic E-state index is 0.181. The van der Waals surface area contributed by atoms with Crippen molar-refractivity contribution in [1.29, 1.82) is 0 Å². The van der Waals surface area contributed by atoms with Crippen LogP contribution in [0.1, 0.15) is 33.1 Å². The Morgan fingerprint density at radius 1 is 1.39 bits per heavy atom. The molecule has 1 atom stereocenters. The second kappa shape index (κ2) is 8.78. The topological polar surface area (TPSA) is 21.3 Å². The molecule has 0 aliphatic heterocycles. The van der Waals surface area contributed by atoms with Gasteiger partial charge in [-0.2, -0.15) is 0 Å². The van der Waals surface area contributed by atoms with Crippen LogP contribution < -0.4 is 10.1 Å². The number of rotatable bonds is 8. The molecule has 0 radical (unpaired) electrons. The molecule has 18 heavy (non-hydrogen) atoms. The second-order valence-electron chi connectivity index (χ2n) is 4.40. The third kappa shape index (κ3) is 6.07. The van der Waals surface area contributed by atoms with Crippen molar-refractivity contribution in [2.45, 2.75) is 39.2 Å². The zero-order valence-electron chi connectivity index (χ0n) is 11.0. The summed E-state index contributed by atoms with van der Waals surface area (Å²) >= 11 is 9.50. The fourth-order valence-corrected chi connectivity index (χ4v) is 2.16. The molecule has 1 aromatic rings.